The van der Waals surface area contributed by atoms with Gasteiger partial charge in [-0.05, 0) is 26.1 Å². The molecule has 0 radical (unpaired) electrons. The highest BCUT2D eigenvalue weighted by Gasteiger charge is 2.26. The van der Waals surface area contributed by atoms with E-state index in [1.807, 2.05) is 0 Å². The van der Waals surface area contributed by atoms with Crippen LogP contribution in [0, 0.1) is 0 Å². The predicted octanol–water partition coefficient (Wildman–Crippen LogP) is 6.47. The minimum Gasteiger partial charge on any atom is -0.467 e. The molecule has 4 heteroatoms. The normalized spacial score (nSPS) is 13.0. The van der Waals surface area contributed by atoms with Crippen molar-refractivity contribution in [2.24, 2.45) is 0 Å². The lowest BCUT2D eigenvalue weighted by Crippen LogP contribution is -2.37. The summed E-state index contributed by atoms with van der Waals surface area (Å²) >= 11 is 0. The summed E-state index contributed by atoms with van der Waals surface area (Å²) in [6.07, 6.45) is 16.4. The Hall–Kier alpha value is -0.353. The van der Waals surface area contributed by atoms with E-state index in [9.17, 15) is 4.79 Å². The highest BCUT2D eigenvalue weighted by Crippen LogP contribution is 2.16. The molecule has 0 amide bonds. The zero-order valence-electron chi connectivity index (χ0n) is 17.0. The third-order valence-electron chi connectivity index (χ3n) is 4.28. The SMILES string of the molecule is CCCCCCCCCCCCCCC(O[Si](C)(C)C)C(=O)OC. The molecule has 0 saturated heterocycles. The first-order valence-corrected chi connectivity index (χ1v) is 13.6. The maximum atomic E-state index is 11.8. The van der Waals surface area contributed by atoms with Crippen LogP contribution in [0.4, 0.5) is 0 Å². The van der Waals surface area contributed by atoms with Crippen molar-refractivity contribution in [3.8, 4) is 0 Å². The van der Waals surface area contributed by atoms with Crippen LogP contribution in [0.15, 0.2) is 0 Å². The van der Waals surface area contributed by atoms with Crippen molar-refractivity contribution in [3.63, 3.8) is 0 Å². The Kier molecular flexibility index (Phi) is 14.7. The molecule has 0 aromatic carbocycles. The van der Waals surface area contributed by atoms with Crippen molar-refractivity contribution < 1.29 is 14.0 Å². The van der Waals surface area contributed by atoms with Crippen LogP contribution in [-0.4, -0.2) is 27.5 Å². The van der Waals surface area contributed by atoms with Gasteiger partial charge in [-0.25, -0.2) is 4.79 Å². The zero-order valence-corrected chi connectivity index (χ0v) is 18.0. The Labute approximate surface area is 152 Å². The summed E-state index contributed by atoms with van der Waals surface area (Å²) in [6, 6.07) is 0. The summed E-state index contributed by atoms with van der Waals surface area (Å²) in [6.45, 7) is 8.62. The number of carbonyl (C=O) groups excluding carboxylic acids is 1. The smallest absolute Gasteiger partial charge is 0.333 e. The molecular weight excluding hydrogens is 316 g/mol. The summed E-state index contributed by atoms with van der Waals surface area (Å²) in [4.78, 5) is 11.8. The van der Waals surface area contributed by atoms with E-state index >= 15 is 0 Å². The second-order valence-electron chi connectivity index (χ2n) is 7.92. The van der Waals surface area contributed by atoms with Crippen LogP contribution >= 0.6 is 0 Å². The molecule has 144 valence electrons. The van der Waals surface area contributed by atoms with Gasteiger partial charge in [-0.15, -0.1) is 0 Å². The molecular formula is C20H42O3Si. The van der Waals surface area contributed by atoms with Crippen LogP contribution in [0.5, 0.6) is 0 Å². The third-order valence-corrected chi connectivity index (χ3v) is 5.27. The molecule has 1 unspecified atom stereocenters. The van der Waals surface area contributed by atoms with Gasteiger partial charge in [0, 0.05) is 0 Å². The van der Waals surface area contributed by atoms with Crippen molar-refractivity contribution in [1.82, 2.24) is 0 Å². The monoisotopic (exact) mass is 358 g/mol. The molecule has 0 aliphatic carbocycles. The van der Waals surface area contributed by atoms with E-state index in [-0.39, 0.29) is 12.1 Å². The molecule has 1 atom stereocenters. The van der Waals surface area contributed by atoms with Gasteiger partial charge in [0.2, 0.25) is 0 Å². The Morgan fingerprint density at radius 3 is 1.58 bits per heavy atom. The van der Waals surface area contributed by atoms with Gasteiger partial charge in [-0.1, -0.05) is 84.0 Å². The van der Waals surface area contributed by atoms with Crippen LogP contribution < -0.4 is 0 Å². The lowest BCUT2D eigenvalue weighted by molar-refractivity contribution is -0.149. The number of hydrogen-bond donors (Lipinski definition) is 0. The first kappa shape index (κ1) is 23.6. The van der Waals surface area contributed by atoms with E-state index in [0.29, 0.717) is 0 Å². The number of rotatable bonds is 16. The van der Waals surface area contributed by atoms with Gasteiger partial charge in [0.15, 0.2) is 8.32 Å². The second kappa shape index (κ2) is 14.9. The maximum absolute atomic E-state index is 11.8. The molecule has 0 aromatic rings. The zero-order chi connectivity index (χ0) is 18.3. The van der Waals surface area contributed by atoms with Crippen molar-refractivity contribution in [1.29, 1.82) is 0 Å². The van der Waals surface area contributed by atoms with Crippen LogP contribution in [0.3, 0.4) is 0 Å². The summed E-state index contributed by atoms with van der Waals surface area (Å²) in [7, 11) is -0.253. The van der Waals surface area contributed by atoms with Crippen LogP contribution in [-0.2, 0) is 14.0 Å². The molecule has 0 bridgehead atoms. The fourth-order valence-electron chi connectivity index (χ4n) is 2.95. The Balaban J connectivity index is 3.57. The number of methoxy groups -OCH3 is 1. The molecule has 24 heavy (non-hydrogen) atoms. The standard InChI is InChI=1S/C20H42O3Si/c1-6-7-8-9-10-11-12-13-14-15-16-17-18-19(20(21)22-2)23-24(3,4)5/h19H,6-18H2,1-5H3. The molecule has 0 heterocycles. The molecule has 0 fully saturated rings. The lowest BCUT2D eigenvalue weighted by atomic mass is 10.0. The van der Waals surface area contributed by atoms with E-state index in [2.05, 4.69) is 26.6 Å². The molecule has 0 aliphatic rings. The van der Waals surface area contributed by atoms with Gasteiger partial charge in [0.05, 0.1) is 7.11 Å². The fourth-order valence-corrected chi connectivity index (χ4v) is 4.02. The first-order valence-electron chi connectivity index (χ1n) is 10.2. The second-order valence-corrected chi connectivity index (χ2v) is 12.4. The van der Waals surface area contributed by atoms with Crippen LogP contribution in [0.1, 0.15) is 90.4 Å². The summed E-state index contributed by atoms with van der Waals surface area (Å²) in [5.41, 5.74) is 0. The fraction of sp³-hybridized carbons (Fsp3) is 0.950. The average molecular weight is 359 g/mol. The Morgan fingerprint density at radius 1 is 0.792 bits per heavy atom. The summed E-state index contributed by atoms with van der Waals surface area (Å²) in [5.74, 6) is -0.208. The van der Waals surface area contributed by atoms with E-state index in [1.165, 1.54) is 77.7 Å². The van der Waals surface area contributed by atoms with Gasteiger partial charge in [0.25, 0.3) is 0 Å². The molecule has 0 rings (SSSR count). The highest BCUT2D eigenvalue weighted by molar-refractivity contribution is 6.69. The minimum absolute atomic E-state index is 0.208. The van der Waals surface area contributed by atoms with Crippen LogP contribution in [0.25, 0.3) is 0 Å². The summed E-state index contributed by atoms with van der Waals surface area (Å²) in [5, 5.41) is 0. The molecule has 0 N–H and O–H groups in total. The van der Waals surface area contributed by atoms with Gasteiger partial charge < -0.3 is 9.16 Å². The largest absolute Gasteiger partial charge is 0.467 e. The number of unbranched alkanes of at least 4 members (excludes halogenated alkanes) is 11. The number of esters is 1. The highest BCUT2D eigenvalue weighted by atomic mass is 28.4. The van der Waals surface area contributed by atoms with Crippen molar-refractivity contribution >= 4 is 14.3 Å². The van der Waals surface area contributed by atoms with Crippen molar-refractivity contribution in [2.75, 3.05) is 7.11 Å². The predicted molar refractivity (Wildman–Crippen MR) is 106 cm³/mol. The lowest BCUT2D eigenvalue weighted by Gasteiger charge is -2.24. The van der Waals surface area contributed by atoms with E-state index in [0.717, 1.165) is 12.8 Å². The number of carbonyl (C=O) groups is 1. The third kappa shape index (κ3) is 15.2. The molecule has 0 spiro atoms. The van der Waals surface area contributed by atoms with E-state index < -0.39 is 8.32 Å². The van der Waals surface area contributed by atoms with Crippen molar-refractivity contribution in [3.05, 3.63) is 0 Å². The Morgan fingerprint density at radius 2 is 1.21 bits per heavy atom. The molecule has 3 nitrogen and oxygen atoms in total. The maximum Gasteiger partial charge on any atom is 0.333 e. The molecule has 0 aromatic heterocycles. The number of ether oxygens (including phenoxy) is 1. The van der Waals surface area contributed by atoms with Gasteiger partial charge in [-0.2, -0.15) is 0 Å². The van der Waals surface area contributed by atoms with E-state index in [1.54, 1.807) is 0 Å². The molecule has 0 saturated carbocycles. The quantitative estimate of drug-likeness (QED) is 0.180. The van der Waals surface area contributed by atoms with Crippen LogP contribution in [0.2, 0.25) is 19.6 Å². The molecule has 0 aliphatic heterocycles. The summed E-state index contributed by atoms with van der Waals surface area (Å²) < 4.78 is 10.8. The minimum atomic E-state index is -1.70. The number of hydrogen-bond acceptors (Lipinski definition) is 3. The Bertz CT molecular complexity index is 300. The van der Waals surface area contributed by atoms with Gasteiger partial charge in [0.1, 0.15) is 6.10 Å². The van der Waals surface area contributed by atoms with Crippen molar-refractivity contribution in [2.45, 2.75) is 116 Å². The topological polar surface area (TPSA) is 35.5 Å². The van der Waals surface area contributed by atoms with Gasteiger partial charge >= 0.3 is 5.97 Å². The van der Waals surface area contributed by atoms with E-state index in [4.69, 9.17) is 9.16 Å². The first-order chi connectivity index (χ1) is 11.4. The van der Waals surface area contributed by atoms with Gasteiger partial charge in [-0.3, -0.25) is 0 Å². The average Bonchev–Trinajstić information content (AvgIpc) is 2.52.